The molecule has 7 heteroatoms. The molecular formula is C16H20ClN5O. The van der Waals surface area contributed by atoms with Gasteiger partial charge in [0.2, 0.25) is 5.91 Å². The van der Waals surface area contributed by atoms with Gasteiger partial charge in [-0.15, -0.1) is 0 Å². The molecule has 2 atom stereocenters. The quantitative estimate of drug-likeness (QED) is 0.912. The normalized spacial score (nSPS) is 19.7. The predicted molar refractivity (Wildman–Crippen MR) is 89.3 cm³/mol. The molecule has 0 unspecified atom stereocenters. The Labute approximate surface area is 140 Å². The second-order valence-corrected chi connectivity index (χ2v) is 6.23. The van der Waals surface area contributed by atoms with Crippen LogP contribution in [-0.4, -0.2) is 44.2 Å². The first kappa shape index (κ1) is 16.0. The smallest absolute Gasteiger partial charge is 0.242 e. The first-order chi connectivity index (χ1) is 11.1. The van der Waals surface area contributed by atoms with Crippen molar-refractivity contribution in [3.8, 4) is 0 Å². The van der Waals surface area contributed by atoms with Crippen LogP contribution in [0.2, 0.25) is 5.02 Å². The zero-order valence-corrected chi connectivity index (χ0v) is 13.8. The topological polar surface area (TPSA) is 63.1 Å². The Hall–Kier alpha value is -1.92. The van der Waals surface area contributed by atoms with E-state index in [0.717, 1.165) is 25.9 Å². The van der Waals surface area contributed by atoms with Crippen molar-refractivity contribution in [1.82, 2.24) is 19.7 Å². The van der Waals surface area contributed by atoms with Crippen LogP contribution in [0.3, 0.4) is 0 Å². The van der Waals surface area contributed by atoms with Crippen molar-refractivity contribution < 1.29 is 4.79 Å². The minimum atomic E-state index is -0.212. The number of nitrogens with one attached hydrogen (secondary N) is 1. The molecule has 23 heavy (non-hydrogen) atoms. The van der Waals surface area contributed by atoms with Crippen LogP contribution in [0, 0.1) is 0 Å². The van der Waals surface area contributed by atoms with E-state index in [2.05, 4.69) is 20.3 Å². The molecule has 0 aromatic carbocycles. The van der Waals surface area contributed by atoms with Crippen molar-refractivity contribution in [2.45, 2.75) is 38.4 Å². The zero-order valence-electron chi connectivity index (χ0n) is 13.0. The molecular weight excluding hydrogens is 314 g/mol. The first-order valence-corrected chi connectivity index (χ1v) is 8.17. The van der Waals surface area contributed by atoms with Gasteiger partial charge >= 0.3 is 0 Å². The molecule has 1 amide bonds. The second kappa shape index (κ2) is 7.10. The number of carbonyl (C=O) groups excluding carboxylic acids is 1. The van der Waals surface area contributed by atoms with Crippen LogP contribution >= 0.6 is 11.6 Å². The van der Waals surface area contributed by atoms with Gasteiger partial charge in [0.1, 0.15) is 5.82 Å². The number of likely N-dealkylation sites (tertiary alicyclic amines) is 1. The fourth-order valence-corrected chi connectivity index (χ4v) is 3.13. The van der Waals surface area contributed by atoms with Crippen molar-refractivity contribution in [3.63, 3.8) is 0 Å². The molecule has 1 aliphatic heterocycles. The van der Waals surface area contributed by atoms with Crippen molar-refractivity contribution >= 4 is 23.3 Å². The lowest BCUT2D eigenvalue weighted by Crippen LogP contribution is -2.46. The average Bonchev–Trinajstić information content (AvgIpc) is 3.21. The molecule has 122 valence electrons. The van der Waals surface area contributed by atoms with Crippen molar-refractivity contribution in [1.29, 1.82) is 0 Å². The van der Waals surface area contributed by atoms with Gasteiger partial charge < -0.3 is 5.32 Å². The number of pyridine rings is 1. The standard InChI is InChI=1S/C16H20ClN5O/c1-12(16(23)20-15-6-5-13(17)10-18-15)22-9-2-4-14(22)11-21-8-3-7-19-21/h3,5-8,10,12,14H,2,4,9,11H2,1H3,(H,18,20,23)/t12-,14-/m0/s1. The largest absolute Gasteiger partial charge is 0.309 e. The summed E-state index contributed by atoms with van der Waals surface area (Å²) in [6, 6.07) is 5.45. The van der Waals surface area contributed by atoms with E-state index < -0.39 is 0 Å². The second-order valence-electron chi connectivity index (χ2n) is 5.79. The molecule has 2 aromatic rings. The summed E-state index contributed by atoms with van der Waals surface area (Å²) in [5.41, 5.74) is 0. The van der Waals surface area contributed by atoms with E-state index in [1.54, 1.807) is 18.3 Å². The molecule has 0 radical (unpaired) electrons. The Morgan fingerprint density at radius 2 is 2.39 bits per heavy atom. The highest BCUT2D eigenvalue weighted by Gasteiger charge is 2.32. The van der Waals surface area contributed by atoms with E-state index in [0.29, 0.717) is 16.9 Å². The lowest BCUT2D eigenvalue weighted by Gasteiger charge is -2.29. The van der Waals surface area contributed by atoms with Crippen LogP contribution < -0.4 is 5.32 Å². The molecule has 3 rings (SSSR count). The fourth-order valence-electron chi connectivity index (χ4n) is 3.02. The molecule has 1 saturated heterocycles. The highest BCUT2D eigenvalue weighted by atomic mass is 35.5. The summed E-state index contributed by atoms with van der Waals surface area (Å²) in [6.45, 7) is 3.67. The van der Waals surface area contributed by atoms with E-state index in [1.165, 1.54) is 6.20 Å². The third-order valence-electron chi connectivity index (χ3n) is 4.24. The van der Waals surface area contributed by atoms with E-state index >= 15 is 0 Å². The number of hydrogen-bond donors (Lipinski definition) is 1. The van der Waals surface area contributed by atoms with Crippen LogP contribution in [0.5, 0.6) is 0 Å². The van der Waals surface area contributed by atoms with Gasteiger partial charge in [-0.2, -0.15) is 5.10 Å². The van der Waals surface area contributed by atoms with Gasteiger partial charge in [-0.1, -0.05) is 11.6 Å². The Morgan fingerprint density at radius 3 is 3.09 bits per heavy atom. The van der Waals surface area contributed by atoms with Gasteiger partial charge in [-0.25, -0.2) is 4.98 Å². The minimum absolute atomic E-state index is 0.0489. The molecule has 6 nitrogen and oxygen atoms in total. The van der Waals surface area contributed by atoms with Gasteiger partial charge in [0.15, 0.2) is 0 Å². The maximum atomic E-state index is 12.5. The van der Waals surface area contributed by atoms with E-state index in [1.807, 2.05) is 23.9 Å². The lowest BCUT2D eigenvalue weighted by atomic mass is 10.2. The number of aromatic nitrogens is 3. The van der Waals surface area contributed by atoms with Crippen molar-refractivity contribution in [3.05, 3.63) is 41.8 Å². The molecule has 3 heterocycles. The maximum absolute atomic E-state index is 12.5. The molecule has 1 fully saturated rings. The Bertz CT molecular complexity index is 643. The lowest BCUT2D eigenvalue weighted by molar-refractivity contribution is -0.121. The van der Waals surface area contributed by atoms with E-state index in [-0.39, 0.29) is 11.9 Å². The highest BCUT2D eigenvalue weighted by molar-refractivity contribution is 6.30. The average molecular weight is 334 g/mol. The van der Waals surface area contributed by atoms with Crippen molar-refractivity contribution in [2.24, 2.45) is 0 Å². The van der Waals surface area contributed by atoms with Crippen LogP contribution in [0.15, 0.2) is 36.8 Å². The van der Waals surface area contributed by atoms with Crippen LogP contribution in [-0.2, 0) is 11.3 Å². The van der Waals surface area contributed by atoms with Gasteiger partial charge in [0, 0.05) is 24.6 Å². The van der Waals surface area contributed by atoms with Gasteiger partial charge in [-0.3, -0.25) is 14.4 Å². The van der Waals surface area contributed by atoms with E-state index in [9.17, 15) is 4.79 Å². The van der Waals surface area contributed by atoms with Gasteiger partial charge in [0.05, 0.1) is 17.6 Å². The minimum Gasteiger partial charge on any atom is -0.309 e. The Kier molecular flexibility index (Phi) is 4.93. The summed E-state index contributed by atoms with van der Waals surface area (Å²) in [7, 11) is 0. The highest BCUT2D eigenvalue weighted by Crippen LogP contribution is 2.22. The summed E-state index contributed by atoms with van der Waals surface area (Å²) < 4.78 is 1.92. The maximum Gasteiger partial charge on any atom is 0.242 e. The number of anilines is 1. The van der Waals surface area contributed by atoms with Crippen molar-refractivity contribution in [2.75, 3.05) is 11.9 Å². The van der Waals surface area contributed by atoms with Gasteiger partial charge in [0.25, 0.3) is 0 Å². The molecule has 0 aliphatic carbocycles. The SMILES string of the molecule is C[C@@H](C(=O)Nc1ccc(Cl)cn1)N1CCC[C@H]1Cn1cccn1. The molecule has 0 saturated carbocycles. The Balaban J connectivity index is 1.62. The number of carbonyl (C=O) groups is 1. The number of hydrogen-bond acceptors (Lipinski definition) is 4. The van der Waals surface area contributed by atoms with E-state index in [4.69, 9.17) is 11.6 Å². The molecule has 0 spiro atoms. The number of nitrogens with zero attached hydrogens (tertiary/aromatic N) is 4. The number of rotatable bonds is 5. The monoisotopic (exact) mass is 333 g/mol. The van der Waals surface area contributed by atoms with Crippen LogP contribution in [0.4, 0.5) is 5.82 Å². The first-order valence-electron chi connectivity index (χ1n) is 7.79. The molecule has 2 aromatic heterocycles. The summed E-state index contributed by atoms with van der Waals surface area (Å²) >= 11 is 5.81. The predicted octanol–water partition coefficient (Wildman–Crippen LogP) is 2.42. The summed E-state index contributed by atoms with van der Waals surface area (Å²) in [5, 5.41) is 7.66. The summed E-state index contributed by atoms with van der Waals surface area (Å²) in [4.78, 5) is 18.8. The third-order valence-corrected chi connectivity index (χ3v) is 4.46. The van der Waals surface area contributed by atoms with Gasteiger partial charge in [-0.05, 0) is 44.5 Å². The van der Waals surface area contributed by atoms with Crippen LogP contribution in [0.25, 0.3) is 0 Å². The molecule has 1 aliphatic rings. The fraction of sp³-hybridized carbons (Fsp3) is 0.438. The third kappa shape index (κ3) is 3.89. The Morgan fingerprint density at radius 1 is 1.52 bits per heavy atom. The zero-order chi connectivity index (χ0) is 16.2. The summed E-state index contributed by atoms with van der Waals surface area (Å²) in [5.74, 6) is 0.473. The molecule has 1 N–H and O–H groups in total. The molecule has 0 bridgehead atoms. The number of amides is 1. The van der Waals surface area contributed by atoms with Crippen LogP contribution in [0.1, 0.15) is 19.8 Å². The summed E-state index contributed by atoms with van der Waals surface area (Å²) in [6.07, 6.45) is 7.44. The number of halogens is 1.